The number of fused-ring (bicyclic) bond motifs is 1. The zero-order chi connectivity index (χ0) is 12.3. The lowest BCUT2D eigenvalue weighted by molar-refractivity contribution is 0.0949. The van der Waals surface area contributed by atoms with Crippen molar-refractivity contribution in [1.82, 2.24) is 5.32 Å². The van der Waals surface area contributed by atoms with Gasteiger partial charge in [0, 0.05) is 13.1 Å². The van der Waals surface area contributed by atoms with Gasteiger partial charge in [-0.15, -0.1) is 0 Å². The Morgan fingerprint density at radius 1 is 1.47 bits per heavy atom. The minimum absolute atomic E-state index is 0.0324. The molecule has 0 radical (unpaired) electrons. The third kappa shape index (κ3) is 2.78. The molecule has 1 aromatic rings. The summed E-state index contributed by atoms with van der Waals surface area (Å²) in [6, 6.07) is 5.96. The summed E-state index contributed by atoms with van der Waals surface area (Å²) in [5.74, 6) is 0.511. The second-order valence-electron chi connectivity index (χ2n) is 4.97. The van der Waals surface area contributed by atoms with Gasteiger partial charge in [0.05, 0.1) is 11.3 Å². The number of hydrogen-bond donors (Lipinski definition) is 2. The van der Waals surface area contributed by atoms with Crippen LogP contribution in [0.1, 0.15) is 36.2 Å². The van der Waals surface area contributed by atoms with Crippen LogP contribution in [0.4, 0.5) is 5.69 Å². The van der Waals surface area contributed by atoms with Gasteiger partial charge in [0.15, 0.2) is 0 Å². The summed E-state index contributed by atoms with van der Waals surface area (Å²) in [5.41, 5.74) is 3.07. The molecule has 2 N–H and O–H groups in total. The number of aryl methyl sites for hydroxylation is 1. The van der Waals surface area contributed by atoms with E-state index in [0.717, 1.165) is 37.2 Å². The predicted octanol–water partition coefficient (Wildman–Crippen LogP) is 2.43. The number of rotatable bonds is 3. The van der Waals surface area contributed by atoms with Crippen molar-refractivity contribution >= 4 is 11.6 Å². The molecule has 3 nitrogen and oxygen atoms in total. The average molecular weight is 232 g/mol. The topological polar surface area (TPSA) is 41.1 Å². The van der Waals surface area contributed by atoms with E-state index in [4.69, 9.17) is 0 Å². The number of amides is 1. The molecular weight excluding hydrogens is 212 g/mol. The molecule has 0 saturated heterocycles. The van der Waals surface area contributed by atoms with E-state index in [2.05, 4.69) is 30.5 Å². The molecule has 0 atom stereocenters. The number of benzene rings is 1. The van der Waals surface area contributed by atoms with Crippen molar-refractivity contribution in [3.63, 3.8) is 0 Å². The highest BCUT2D eigenvalue weighted by Gasteiger charge is 2.16. The summed E-state index contributed by atoms with van der Waals surface area (Å²) in [4.78, 5) is 12.1. The van der Waals surface area contributed by atoms with Gasteiger partial charge in [-0.25, -0.2) is 0 Å². The van der Waals surface area contributed by atoms with Crippen LogP contribution in [-0.2, 0) is 6.42 Å². The fourth-order valence-corrected chi connectivity index (χ4v) is 2.09. The highest BCUT2D eigenvalue weighted by atomic mass is 16.1. The minimum atomic E-state index is 0.0324. The van der Waals surface area contributed by atoms with E-state index in [1.165, 1.54) is 5.56 Å². The van der Waals surface area contributed by atoms with Gasteiger partial charge in [-0.2, -0.15) is 0 Å². The zero-order valence-electron chi connectivity index (χ0n) is 10.5. The Balaban J connectivity index is 2.17. The first-order valence-corrected chi connectivity index (χ1v) is 6.32. The van der Waals surface area contributed by atoms with Crippen molar-refractivity contribution in [3.05, 3.63) is 29.3 Å². The summed E-state index contributed by atoms with van der Waals surface area (Å²) in [6.45, 7) is 5.88. The van der Waals surface area contributed by atoms with Gasteiger partial charge >= 0.3 is 0 Å². The van der Waals surface area contributed by atoms with Crippen molar-refractivity contribution < 1.29 is 4.79 Å². The van der Waals surface area contributed by atoms with E-state index < -0.39 is 0 Å². The molecule has 0 aliphatic carbocycles. The molecular formula is C14H20N2O. The van der Waals surface area contributed by atoms with Crippen molar-refractivity contribution in [2.24, 2.45) is 5.92 Å². The number of hydrogen-bond acceptors (Lipinski definition) is 2. The van der Waals surface area contributed by atoms with Crippen LogP contribution in [0.25, 0.3) is 0 Å². The molecule has 2 rings (SSSR count). The minimum Gasteiger partial charge on any atom is -0.384 e. The SMILES string of the molecule is CC(C)CNC(=O)c1cccc2c1NCCC2. The van der Waals surface area contributed by atoms with E-state index in [1.54, 1.807) is 0 Å². The van der Waals surface area contributed by atoms with Gasteiger partial charge in [-0.1, -0.05) is 26.0 Å². The summed E-state index contributed by atoms with van der Waals surface area (Å²) in [7, 11) is 0. The second-order valence-corrected chi connectivity index (χ2v) is 4.97. The van der Waals surface area contributed by atoms with Gasteiger partial charge < -0.3 is 10.6 Å². The number of para-hydroxylation sites is 1. The van der Waals surface area contributed by atoms with Crippen LogP contribution in [0.15, 0.2) is 18.2 Å². The van der Waals surface area contributed by atoms with Gasteiger partial charge in [-0.3, -0.25) is 4.79 Å². The summed E-state index contributed by atoms with van der Waals surface area (Å²) < 4.78 is 0. The lowest BCUT2D eigenvalue weighted by atomic mass is 9.99. The van der Waals surface area contributed by atoms with Crippen LogP contribution in [0, 0.1) is 5.92 Å². The Kier molecular flexibility index (Phi) is 3.67. The molecule has 1 heterocycles. The maximum Gasteiger partial charge on any atom is 0.253 e. The quantitative estimate of drug-likeness (QED) is 0.840. The fourth-order valence-electron chi connectivity index (χ4n) is 2.09. The Morgan fingerprint density at radius 2 is 2.29 bits per heavy atom. The number of carbonyl (C=O) groups excluding carboxylic acids is 1. The van der Waals surface area contributed by atoms with Gasteiger partial charge in [0.2, 0.25) is 0 Å². The smallest absolute Gasteiger partial charge is 0.253 e. The van der Waals surface area contributed by atoms with Crippen LogP contribution < -0.4 is 10.6 Å². The Labute approximate surface area is 103 Å². The Hall–Kier alpha value is -1.51. The molecule has 0 spiro atoms. The lowest BCUT2D eigenvalue weighted by Gasteiger charge is -2.21. The number of anilines is 1. The molecule has 1 aliphatic rings. The van der Waals surface area contributed by atoms with Gasteiger partial charge in [-0.05, 0) is 30.4 Å². The fraction of sp³-hybridized carbons (Fsp3) is 0.500. The number of carbonyl (C=O) groups is 1. The Bertz CT molecular complexity index is 413. The molecule has 0 fully saturated rings. The monoisotopic (exact) mass is 232 g/mol. The van der Waals surface area contributed by atoms with Crippen molar-refractivity contribution in [1.29, 1.82) is 0 Å². The summed E-state index contributed by atoms with van der Waals surface area (Å²) in [5, 5.41) is 6.31. The maximum absolute atomic E-state index is 12.1. The molecule has 1 aromatic carbocycles. The first-order chi connectivity index (χ1) is 8.18. The normalized spacial score (nSPS) is 14.1. The lowest BCUT2D eigenvalue weighted by Crippen LogP contribution is -2.29. The number of nitrogens with one attached hydrogen (secondary N) is 2. The largest absolute Gasteiger partial charge is 0.384 e. The second kappa shape index (κ2) is 5.21. The molecule has 3 heteroatoms. The standard InChI is InChI=1S/C14H20N2O/c1-10(2)9-16-14(17)12-7-3-5-11-6-4-8-15-13(11)12/h3,5,7,10,15H,4,6,8-9H2,1-2H3,(H,16,17). The molecule has 1 aliphatic heterocycles. The molecule has 0 aromatic heterocycles. The van der Waals surface area contributed by atoms with E-state index in [-0.39, 0.29) is 5.91 Å². The predicted molar refractivity (Wildman–Crippen MR) is 70.4 cm³/mol. The van der Waals surface area contributed by atoms with E-state index >= 15 is 0 Å². The maximum atomic E-state index is 12.1. The summed E-state index contributed by atoms with van der Waals surface area (Å²) >= 11 is 0. The third-order valence-corrected chi connectivity index (χ3v) is 2.99. The molecule has 17 heavy (non-hydrogen) atoms. The van der Waals surface area contributed by atoms with E-state index in [0.29, 0.717) is 5.92 Å². The first kappa shape index (κ1) is 12.0. The van der Waals surface area contributed by atoms with Crippen LogP contribution >= 0.6 is 0 Å². The zero-order valence-corrected chi connectivity index (χ0v) is 10.5. The van der Waals surface area contributed by atoms with E-state index in [1.807, 2.05) is 12.1 Å². The van der Waals surface area contributed by atoms with Crippen LogP contribution in [0.2, 0.25) is 0 Å². The molecule has 1 amide bonds. The van der Waals surface area contributed by atoms with Crippen molar-refractivity contribution in [2.45, 2.75) is 26.7 Å². The average Bonchev–Trinajstić information content (AvgIpc) is 2.35. The summed E-state index contributed by atoms with van der Waals surface area (Å²) in [6.07, 6.45) is 2.21. The Morgan fingerprint density at radius 3 is 3.06 bits per heavy atom. The molecule has 92 valence electrons. The highest BCUT2D eigenvalue weighted by molar-refractivity contribution is 6.00. The van der Waals surface area contributed by atoms with Crippen molar-refractivity contribution in [3.8, 4) is 0 Å². The van der Waals surface area contributed by atoms with Crippen molar-refractivity contribution in [2.75, 3.05) is 18.4 Å². The van der Waals surface area contributed by atoms with Gasteiger partial charge in [0.25, 0.3) is 5.91 Å². The van der Waals surface area contributed by atoms with Gasteiger partial charge in [0.1, 0.15) is 0 Å². The molecule has 0 saturated carbocycles. The highest BCUT2D eigenvalue weighted by Crippen LogP contribution is 2.25. The molecule has 0 bridgehead atoms. The van der Waals surface area contributed by atoms with Crippen LogP contribution in [0.5, 0.6) is 0 Å². The molecule has 0 unspecified atom stereocenters. The van der Waals surface area contributed by atoms with Crippen LogP contribution in [-0.4, -0.2) is 19.0 Å². The first-order valence-electron chi connectivity index (χ1n) is 6.32. The van der Waals surface area contributed by atoms with E-state index in [9.17, 15) is 4.79 Å². The third-order valence-electron chi connectivity index (χ3n) is 2.99. The van der Waals surface area contributed by atoms with Crippen LogP contribution in [0.3, 0.4) is 0 Å².